The Morgan fingerprint density at radius 3 is 2.68 bits per heavy atom. The van der Waals surface area contributed by atoms with E-state index in [0.717, 1.165) is 10.9 Å². The second-order valence-corrected chi connectivity index (χ2v) is 4.84. The second-order valence-electron chi connectivity index (χ2n) is 4.02. The first kappa shape index (κ1) is 14.1. The van der Waals surface area contributed by atoms with E-state index >= 15 is 0 Å². The lowest BCUT2D eigenvalue weighted by atomic mass is 10.1. The van der Waals surface area contributed by atoms with Crippen molar-refractivity contribution in [3.05, 3.63) is 40.0 Å². The first-order chi connectivity index (χ1) is 9.08. The van der Waals surface area contributed by atoms with Crippen LogP contribution in [0.1, 0.15) is 24.2 Å². The molecule has 2 rings (SSSR count). The molecule has 5 heteroatoms. The van der Waals surface area contributed by atoms with E-state index in [4.69, 9.17) is 27.9 Å². The van der Waals surface area contributed by atoms with Crippen LogP contribution in [0.3, 0.4) is 0 Å². The maximum Gasteiger partial charge on any atom is 0.345 e. The number of hydrogen-bond donors (Lipinski definition) is 0. The molecule has 100 valence electrons. The van der Waals surface area contributed by atoms with Crippen LogP contribution in [0, 0.1) is 0 Å². The molecule has 1 heterocycles. The molecular weight excluding hydrogens is 285 g/mol. The molecule has 0 N–H and O–H groups in total. The summed E-state index contributed by atoms with van der Waals surface area (Å²) < 4.78 is 6.95. The van der Waals surface area contributed by atoms with Gasteiger partial charge in [0.05, 0.1) is 17.0 Å². The third-order valence-corrected chi connectivity index (χ3v) is 3.51. The summed E-state index contributed by atoms with van der Waals surface area (Å²) in [5.74, 6) is -0.411. The number of aromatic nitrogens is 1. The number of carbonyl (C=O) groups is 1. The maximum absolute atomic E-state index is 11.9. The van der Waals surface area contributed by atoms with Crippen molar-refractivity contribution >= 4 is 40.1 Å². The van der Waals surface area contributed by atoms with Gasteiger partial charge >= 0.3 is 5.97 Å². The fourth-order valence-electron chi connectivity index (χ4n) is 1.97. The highest BCUT2D eigenvalue weighted by Gasteiger charge is 2.22. The summed E-state index contributed by atoms with van der Waals surface area (Å²) in [5.41, 5.74) is 1.27. The number of pyridine rings is 1. The van der Waals surface area contributed by atoms with Gasteiger partial charge < -0.3 is 4.74 Å². The van der Waals surface area contributed by atoms with E-state index in [9.17, 15) is 4.79 Å². The lowest BCUT2D eigenvalue weighted by molar-refractivity contribution is -0.667. The van der Waals surface area contributed by atoms with Crippen molar-refractivity contribution in [3.63, 3.8) is 0 Å². The average Bonchev–Trinajstić information content (AvgIpc) is 2.39. The van der Waals surface area contributed by atoms with Gasteiger partial charge in [-0.15, -0.1) is 0 Å². The zero-order valence-corrected chi connectivity index (χ0v) is 12.3. The molecule has 1 aromatic carbocycles. The van der Waals surface area contributed by atoms with Crippen LogP contribution in [0.5, 0.6) is 0 Å². The van der Waals surface area contributed by atoms with Crippen LogP contribution < -0.4 is 4.57 Å². The SMILES string of the molecule is CCOC(=O)c1c[n+](CC)c2cc(Cl)ccc2c1Cl. The minimum Gasteiger partial charge on any atom is -0.462 e. The van der Waals surface area contributed by atoms with E-state index < -0.39 is 5.97 Å². The first-order valence-corrected chi connectivity index (χ1v) is 6.82. The number of esters is 1. The number of halogens is 2. The smallest absolute Gasteiger partial charge is 0.345 e. The molecule has 2 aromatic rings. The molecule has 0 amide bonds. The van der Waals surface area contributed by atoms with Gasteiger partial charge in [0.2, 0.25) is 5.52 Å². The Balaban J connectivity index is 2.72. The molecule has 0 fully saturated rings. The molecule has 0 bridgehead atoms. The van der Waals surface area contributed by atoms with Gasteiger partial charge in [0.1, 0.15) is 12.1 Å². The minimum absolute atomic E-state index is 0.319. The Hall–Kier alpha value is -1.32. The molecular formula is C14H14Cl2NO2+. The Morgan fingerprint density at radius 2 is 2.05 bits per heavy atom. The van der Waals surface area contributed by atoms with Crippen LogP contribution in [-0.2, 0) is 11.3 Å². The van der Waals surface area contributed by atoms with Gasteiger partial charge in [0, 0.05) is 11.1 Å². The van der Waals surface area contributed by atoms with Crippen molar-refractivity contribution in [1.82, 2.24) is 0 Å². The topological polar surface area (TPSA) is 30.2 Å². The highest BCUT2D eigenvalue weighted by Crippen LogP contribution is 2.27. The number of carbonyl (C=O) groups excluding carboxylic acids is 1. The van der Waals surface area contributed by atoms with E-state index in [1.807, 2.05) is 23.6 Å². The predicted molar refractivity (Wildman–Crippen MR) is 75.8 cm³/mol. The predicted octanol–water partition coefficient (Wildman–Crippen LogP) is 3.63. The molecule has 0 aliphatic carbocycles. The molecule has 0 atom stereocenters. The van der Waals surface area contributed by atoms with E-state index in [-0.39, 0.29) is 0 Å². The van der Waals surface area contributed by atoms with Gasteiger partial charge in [0.15, 0.2) is 6.20 Å². The van der Waals surface area contributed by atoms with Crippen molar-refractivity contribution in [2.75, 3.05) is 6.61 Å². The summed E-state index contributed by atoms with van der Waals surface area (Å²) in [6, 6.07) is 5.40. The number of benzene rings is 1. The van der Waals surface area contributed by atoms with Crippen molar-refractivity contribution < 1.29 is 14.1 Å². The quantitative estimate of drug-likeness (QED) is 0.640. The third kappa shape index (κ3) is 2.67. The van der Waals surface area contributed by atoms with Crippen LogP contribution in [0.25, 0.3) is 10.9 Å². The Morgan fingerprint density at radius 1 is 1.32 bits per heavy atom. The summed E-state index contributed by atoms with van der Waals surface area (Å²) in [6.45, 7) is 4.78. The van der Waals surface area contributed by atoms with Crippen molar-refractivity contribution in [2.24, 2.45) is 0 Å². The zero-order chi connectivity index (χ0) is 14.0. The Bertz CT molecular complexity index is 641. The lowest BCUT2D eigenvalue weighted by Crippen LogP contribution is -2.34. The van der Waals surface area contributed by atoms with Crippen LogP contribution in [-0.4, -0.2) is 12.6 Å². The fourth-order valence-corrected chi connectivity index (χ4v) is 2.42. The fraction of sp³-hybridized carbons (Fsp3) is 0.286. The lowest BCUT2D eigenvalue weighted by Gasteiger charge is -2.07. The van der Waals surface area contributed by atoms with Crippen LogP contribution in [0.4, 0.5) is 0 Å². The molecule has 0 unspecified atom stereocenters. The first-order valence-electron chi connectivity index (χ1n) is 6.06. The van der Waals surface area contributed by atoms with Crippen molar-refractivity contribution in [3.8, 4) is 0 Å². The Kier molecular flexibility index (Phi) is 4.27. The molecule has 0 spiro atoms. The monoisotopic (exact) mass is 298 g/mol. The summed E-state index contributed by atoms with van der Waals surface area (Å²) in [5, 5.41) is 1.82. The normalized spacial score (nSPS) is 10.7. The van der Waals surface area contributed by atoms with E-state index in [1.54, 1.807) is 19.2 Å². The molecule has 0 aliphatic rings. The van der Waals surface area contributed by atoms with E-state index in [1.165, 1.54) is 0 Å². The van der Waals surface area contributed by atoms with Gasteiger partial charge in [-0.05, 0) is 26.0 Å². The molecule has 0 saturated heterocycles. The summed E-state index contributed by atoms with van der Waals surface area (Å²) in [6.07, 6.45) is 1.71. The van der Waals surface area contributed by atoms with Gasteiger partial charge in [-0.3, -0.25) is 0 Å². The van der Waals surface area contributed by atoms with Crippen LogP contribution >= 0.6 is 23.2 Å². The number of nitrogens with zero attached hydrogens (tertiary/aromatic N) is 1. The number of rotatable bonds is 3. The highest BCUT2D eigenvalue weighted by atomic mass is 35.5. The largest absolute Gasteiger partial charge is 0.462 e. The van der Waals surface area contributed by atoms with Crippen LogP contribution in [0.2, 0.25) is 10.0 Å². The number of aryl methyl sites for hydroxylation is 1. The van der Waals surface area contributed by atoms with E-state index in [2.05, 4.69) is 0 Å². The summed E-state index contributed by atoms with van der Waals surface area (Å²) in [7, 11) is 0. The third-order valence-electron chi connectivity index (χ3n) is 2.86. The molecule has 3 nitrogen and oxygen atoms in total. The molecule has 1 aromatic heterocycles. The van der Waals surface area contributed by atoms with Gasteiger partial charge in [-0.2, -0.15) is 4.57 Å². The van der Waals surface area contributed by atoms with Crippen LogP contribution in [0.15, 0.2) is 24.4 Å². The zero-order valence-electron chi connectivity index (χ0n) is 10.7. The number of fused-ring (bicyclic) bond motifs is 1. The van der Waals surface area contributed by atoms with Crippen molar-refractivity contribution in [2.45, 2.75) is 20.4 Å². The van der Waals surface area contributed by atoms with Gasteiger partial charge in [0.25, 0.3) is 0 Å². The van der Waals surface area contributed by atoms with Gasteiger partial charge in [-0.25, -0.2) is 4.79 Å². The molecule has 0 radical (unpaired) electrons. The molecule has 0 saturated carbocycles. The molecule has 19 heavy (non-hydrogen) atoms. The van der Waals surface area contributed by atoms with E-state index in [0.29, 0.717) is 28.8 Å². The van der Waals surface area contributed by atoms with Crippen molar-refractivity contribution in [1.29, 1.82) is 0 Å². The standard InChI is InChI=1S/C14H14Cl2NO2/c1-3-17-8-11(14(18)19-4-2)13(16)10-6-5-9(15)7-12(10)17/h5-8H,3-4H2,1-2H3/q+1. The summed E-state index contributed by atoms with van der Waals surface area (Å²) >= 11 is 12.3. The minimum atomic E-state index is -0.411. The average molecular weight is 299 g/mol. The van der Waals surface area contributed by atoms with Gasteiger partial charge in [-0.1, -0.05) is 23.2 Å². The number of ether oxygens (including phenoxy) is 1. The Labute approximate surface area is 121 Å². The summed E-state index contributed by atoms with van der Waals surface area (Å²) in [4.78, 5) is 11.9. The maximum atomic E-state index is 11.9. The molecule has 0 aliphatic heterocycles. The highest BCUT2D eigenvalue weighted by molar-refractivity contribution is 6.38. The number of hydrogen-bond acceptors (Lipinski definition) is 2. The second kappa shape index (κ2) is 5.76.